The lowest BCUT2D eigenvalue weighted by atomic mass is 10.0. The van der Waals surface area contributed by atoms with Crippen molar-refractivity contribution in [2.45, 2.75) is 13.1 Å². The standard InChI is InChI=1S/C12H7ClF3NOS/c1-6-7(3-2-4-8(6)13)10(18)9-5-17-11(19-9)12(14,15)16/h2-5H,1H3. The number of benzene rings is 1. The SMILES string of the molecule is Cc1c(Cl)cccc1C(=O)c1cnc(C(F)(F)F)s1. The van der Waals surface area contributed by atoms with Gasteiger partial charge in [-0.3, -0.25) is 4.79 Å². The van der Waals surface area contributed by atoms with Crippen molar-refractivity contribution in [3.05, 3.63) is 50.4 Å². The van der Waals surface area contributed by atoms with Gasteiger partial charge in [0.15, 0.2) is 5.01 Å². The van der Waals surface area contributed by atoms with E-state index in [0.29, 0.717) is 21.9 Å². The summed E-state index contributed by atoms with van der Waals surface area (Å²) in [5, 5.41) is -0.637. The lowest BCUT2D eigenvalue weighted by Crippen LogP contribution is -2.03. The molecule has 0 N–H and O–H groups in total. The zero-order valence-corrected chi connectivity index (χ0v) is 11.2. The topological polar surface area (TPSA) is 30.0 Å². The third kappa shape index (κ3) is 2.79. The zero-order valence-electron chi connectivity index (χ0n) is 9.58. The third-order valence-corrected chi connectivity index (χ3v) is 3.93. The second-order valence-electron chi connectivity index (χ2n) is 3.77. The number of rotatable bonds is 2. The van der Waals surface area contributed by atoms with Crippen molar-refractivity contribution in [3.8, 4) is 0 Å². The van der Waals surface area contributed by atoms with Gasteiger partial charge in [-0.15, -0.1) is 11.3 Å². The molecule has 0 bridgehead atoms. The van der Waals surface area contributed by atoms with Gasteiger partial charge in [-0.2, -0.15) is 13.2 Å². The van der Waals surface area contributed by atoms with Crippen LogP contribution in [0, 0.1) is 6.92 Å². The highest BCUT2D eigenvalue weighted by Gasteiger charge is 2.35. The maximum absolute atomic E-state index is 12.4. The molecule has 2 rings (SSSR count). The highest BCUT2D eigenvalue weighted by Crippen LogP contribution is 2.33. The van der Waals surface area contributed by atoms with Crippen molar-refractivity contribution in [2.24, 2.45) is 0 Å². The fraction of sp³-hybridized carbons (Fsp3) is 0.167. The number of aromatic nitrogens is 1. The minimum absolute atomic E-state index is 0.0577. The summed E-state index contributed by atoms with van der Waals surface area (Å²) in [6, 6.07) is 4.71. The van der Waals surface area contributed by atoms with Crippen LogP contribution in [-0.2, 0) is 6.18 Å². The number of nitrogens with zero attached hydrogens (tertiary/aromatic N) is 1. The first-order chi connectivity index (χ1) is 8.80. The van der Waals surface area contributed by atoms with Crippen LogP contribution in [0.1, 0.15) is 25.8 Å². The Labute approximate surface area is 115 Å². The van der Waals surface area contributed by atoms with Gasteiger partial charge in [0, 0.05) is 16.8 Å². The van der Waals surface area contributed by atoms with Crippen LogP contribution in [-0.4, -0.2) is 10.8 Å². The maximum atomic E-state index is 12.4. The molecule has 1 aromatic carbocycles. The van der Waals surface area contributed by atoms with Crippen LogP contribution in [0.2, 0.25) is 5.02 Å². The normalized spacial score (nSPS) is 11.6. The molecular weight excluding hydrogens is 299 g/mol. The van der Waals surface area contributed by atoms with Crippen LogP contribution in [0.15, 0.2) is 24.4 Å². The van der Waals surface area contributed by atoms with Crippen LogP contribution in [0.25, 0.3) is 0 Å². The van der Waals surface area contributed by atoms with Crippen molar-refractivity contribution in [2.75, 3.05) is 0 Å². The van der Waals surface area contributed by atoms with Crippen molar-refractivity contribution in [1.82, 2.24) is 4.98 Å². The van der Waals surface area contributed by atoms with Gasteiger partial charge in [0.05, 0.1) is 4.88 Å². The molecule has 0 fully saturated rings. The molecule has 19 heavy (non-hydrogen) atoms. The lowest BCUT2D eigenvalue weighted by Gasteiger charge is -2.04. The maximum Gasteiger partial charge on any atom is 0.443 e. The average molecular weight is 306 g/mol. The van der Waals surface area contributed by atoms with E-state index in [9.17, 15) is 18.0 Å². The monoisotopic (exact) mass is 305 g/mol. The van der Waals surface area contributed by atoms with E-state index in [4.69, 9.17) is 11.6 Å². The molecular formula is C12H7ClF3NOS. The highest BCUT2D eigenvalue weighted by atomic mass is 35.5. The van der Waals surface area contributed by atoms with E-state index in [1.54, 1.807) is 19.1 Å². The number of carbonyl (C=O) groups excluding carboxylic acids is 1. The number of halogens is 4. The van der Waals surface area contributed by atoms with E-state index >= 15 is 0 Å². The predicted octanol–water partition coefficient (Wildman–Crippen LogP) is 4.35. The summed E-state index contributed by atoms with van der Waals surface area (Å²) in [6.07, 6.45) is -3.59. The van der Waals surface area contributed by atoms with Crippen molar-refractivity contribution < 1.29 is 18.0 Å². The van der Waals surface area contributed by atoms with E-state index in [1.165, 1.54) is 6.07 Å². The van der Waals surface area contributed by atoms with Gasteiger partial charge in [-0.1, -0.05) is 23.7 Å². The first-order valence-electron chi connectivity index (χ1n) is 5.13. The first-order valence-corrected chi connectivity index (χ1v) is 6.33. The van der Waals surface area contributed by atoms with Crippen LogP contribution >= 0.6 is 22.9 Å². The molecule has 0 saturated heterocycles. The van der Waals surface area contributed by atoms with Crippen LogP contribution in [0.4, 0.5) is 13.2 Å². The largest absolute Gasteiger partial charge is 0.443 e. The fourth-order valence-corrected chi connectivity index (χ4v) is 2.41. The molecule has 2 aromatic rings. The smallest absolute Gasteiger partial charge is 0.288 e. The Morgan fingerprint density at radius 1 is 1.37 bits per heavy atom. The van der Waals surface area contributed by atoms with E-state index < -0.39 is 17.0 Å². The summed E-state index contributed by atoms with van der Waals surface area (Å²) in [5.41, 5.74) is 0.820. The Morgan fingerprint density at radius 3 is 2.63 bits per heavy atom. The van der Waals surface area contributed by atoms with Gasteiger partial charge in [0.25, 0.3) is 0 Å². The van der Waals surface area contributed by atoms with E-state index in [1.807, 2.05) is 0 Å². The summed E-state index contributed by atoms with van der Waals surface area (Å²) in [7, 11) is 0. The molecule has 0 amide bonds. The van der Waals surface area contributed by atoms with Gasteiger partial charge in [-0.25, -0.2) is 4.98 Å². The van der Waals surface area contributed by atoms with Gasteiger partial charge < -0.3 is 0 Å². The Bertz CT molecular complexity index is 636. The molecule has 1 heterocycles. The Balaban J connectivity index is 2.40. The number of ketones is 1. The van der Waals surface area contributed by atoms with Crippen molar-refractivity contribution >= 4 is 28.7 Å². The molecule has 2 nitrogen and oxygen atoms in total. The minimum atomic E-state index is -4.54. The molecule has 100 valence electrons. The second kappa shape index (κ2) is 4.94. The lowest BCUT2D eigenvalue weighted by molar-refractivity contribution is -0.137. The molecule has 0 unspecified atom stereocenters. The molecule has 7 heteroatoms. The Morgan fingerprint density at radius 2 is 2.05 bits per heavy atom. The zero-order chi connectivity index (χ0) is 14.2. The van der Waals surface area contributed by atoms with E-state index in [-0.39, 0.29) is 10.4 Å². The highest BCUT2D eigenvalue weighted by molar-refractivity contribution is 7.14. The minimum Gasteiger partial charge on any atom is -0.288 e. The number of thiazole rings is 1. The van der Waals surface area contributed by atoms with Crippen LogP contribution in [0.3, 0.4) is 0 Å². The van der Waals surface area contributed by atoms with E-state index in [2.05, 4.69) is 4.98 Å². The molecule has 0 aliphatic heterocycles. The van der Waals surface area contributed by atoms with Crippen LogP contribution in [0.5, 0.6) is 0 Å². The summed E-state index contributed by atoms with van der Waals surface area (Å²) in [4.78, 5) is 15.3. The van der Waals surface area contributed by atoms with Gasteiger partial charge in [0.1, 0.15) is 0 Å². The summed E-state index contributed by atoms with van der Waals surface area (Å²) < 4.78 is 37.3. The first kappa shape index (κ1) is 14.0. The predicted molar refractivity (Wildman–Crippen MR) is 66.7 cm³/mol. The Hall–Kier alpha value is -1.40. The fourth-order valence-electron chi connectivity index (χ4n) is 1.50. The molecule has 0 radical (unpaired) electrons. The number of hydrogen-bond acceptors (Lipinski definition) is 3. The van der Waals surface area contributed by atoms with Gasteiger partial charge in [-0.05, 0) is 18.6 Å². The third-order valence-electron chi connectivity index (χ3n) is 2.48. The molecule has 0 spiro atoms. The second-order valence-corrected chi connectivity index (χ2v) is 5.21. The quantitative estimate of drug-likeness (QED) is 0.772. The molecule has 0 saturated carbocycles. The molecule has 0 aliphatic rings. The van der Waals surface area contributed by atoms with Crippen molar-refractivity contribution in [1.29, 1.82) is 0 Å². The summed E-state index contributed by atoms with van der Waals surface area (Å²) >= 11 is 6.21. The van der Waals surface area contributed by atoms with Gasteiger partial charge in [0.2, 0.25) is 5.78 Å². The Kier molecular flexibility index (Phi) is 3.64. The van der Waals surface area contributed by atoms with Crippen LogP contribution < -0.4 is 0 Å². The van der Waals surface area contributed by atoms with Crippen molar-refractivity contribution in [3.63, 3.8) is 0 Å². The molecule has 1 aromatic heterocycles. The summed E-state index contributed by atoms with van der Waals surface area (Å²) in [6.45, 7) is 1.64. The summed E-state index contributed by atoms with van der Waals surface area (Å²) in [5.74, 6) is -0.506. The number of hydrogen-bond donors (Lipinski definition) is 0. The number of carbonyl (C=O) groups is 1. The average Bonchev–Trinajstić information content (AvgIpc) is 2.81. The molecule has 0 atom stereocenters. The molecule has 0 aliphatic carbocycles. The number of alkyl halides is 3. The van der Waals surface area contributed by atoms with Gasteiger partial charge >= 0.3 is 6.18 Å². The van der Waals surface area contributed by atoms with E-state index in [0.717, 1.165) is 6.20 Å².